The quantitative estimate of drug-likeness (QED) is 0.189. The summed E-state index contributed by atoms with van der Waals surface area (Å²) in [5, 5.41) is 8.59. The molecule has 0 spiro atoms. The normalized spacial score (nSPS) is 12.2. The molecule has 0 bridgehead atoms. The standard InChI is InChI=1S/C48H28N4/c1-2-11-32(12-3-1)51-41-18-7-6-14-34(41)37-26-30(20-22-42(37)51)31-21-23-43-38(27-31)47-33-13-5-4-10-29(33)19-24-44(47)52(43)45-28-39-46-35(15-8-17-40(46)50-45)36-16-9-25-49-48(36)39/h1-28H. The Hall–Kier alpha value is -7.04. The summed E-state index contributed by atoms with van der Waals surface area (Å²) in [5.74, 6) is 0.899. The summed E-state index contributed by atoms with van der Waals surface area (Å²) in [6.45, 7) is 0. The summed E-state index contributed by atoms with van der Waals surface area (Å²) in [6.07, 6.45) is 1.89. The molecule has 4 nitrogen and oxygen atoms in total. The number of benzene rings is 7. The zero-order chi connectivity index (χ0) is 33.9. The highest BCUT2D eigenvalue weighted by Crippen LogP contribution is 2.47. The predicted molar refractivity (Wildman–Crippen MR) is 216 cm³/mol. The lowest BCUT2D eigenvalue weighted by molar-refractivity contribution is 1.10. The van der Waals surface area contributed by atoms with Crippen LogP contribution in [0.25, 0.3) is 110 Å². The van der Waals surface area contributed by atoms with E-state index in [-0.39, 0.29) is 0 Å². The molecule has 52 heavy (non-hydrogen) atoms. The Morgan fingerprint density at radius 2 is 1.12 bits per heavy atom. The van der Waals surface area contributed by atoms with Gasteiger partial charge in [0.05, 0.1) is 33.3 Å². The van der Waals surface area contributed by atoms with E-state index < -0.39 is 0 Å². The van der Waals surface area contributed by atoms with E-state index in [9.17, 15) is 0 Å². The summed E-state index contributed by atoms with van der Waals surface area (Å²) in [4.78, 5) is 10.2. The van der Waals surface area contributed by atoms with Gasteiger partial charge in [-0.15, -0.1) is 0 Å². The van der Waals surface area contributed by atoms with Gasteiger partial charge in [-0.3, -0.25) is 9.55 Å². The largest absolute Gasteiger partial charge is 0.309 e. The molecule has 0 N–H and O–H groups in total. The molecular formula is C48H28N4. The first-order chi connectivity index (χ1) is 25.8. The van der Waals surface area contributed by atoms with E-state index in [1.807, 2.05) is 12.3 Å². The van der Waals surface area contributed by atoms with Gasteiger partial charge in [-0.1, -0.05) is 97.1 Å². The van der Waals surface area contributed by atoms with Crippen molar-refractivity contribution >= 4 is 65.3 Å². The van der Waals surface area contributed by atoms with E-state index >= 15 is 0 Å². The minimum Gasteiger partial charge on any atom is -0.309 e. The third-order valence-corrected chi connectivity index (χ3v) is 11.1. The van der Waals surface area contributed by atoms with Gasteiger partial charge < -0.3 is 4.57 Å². The molecule has 0 saturated heterocycles. The van der Waals surface area contributed by atoms with Crippen molar-refractivity contribution in [1.82, 2.24) is 19.1 Å². The summed E-state index contributed by atoms with van der Waals surface area (Å²) >= 11 is 0. The van der Waals surface area contributed by atoms with Crippen LogP contribution in [0.4, 0.5) is 0 Å². The molecule has 1 aliphatic rings. The molecule has 4 heteroatoms. The number of nitrogens with zero attached hydrogens (tertiary/aromatic N) is 4. The summed E-state index contributed by atoms with van der Waals surface area (Å²) in [5.41, 5.74) is 13.8. The van der Waals surface area contributed by atoms with E-state index in [0.29, 0.717) is 0 Å². The van der Waals surface area contributed by atoms with Gasteiger partial charge in [0.15, 0.2) is 0 Å². The van der Waals surface area contributed by atoms with Crippen molar-refractivity contribution in [3.8, 4) is 45.0 Å². The van der Waals surface area contributed by atoms with Gasteiger partial charge in [0.2, 0.25) is 0 Å². The maximum Gasteiger partial charge on any atom is 0.138 e. The minimum absolute atomic E-state index is 0.899. The molecule has 4 aromatic heterocycles. The second kappa shape index (κ2) is 10.3. The maximum atomic E-state index is 5.35. The van der Waals surface area contributed by atoms with Gasteiger partial charge in [0.25, 0.3) is 0 Å². The van der Waals surface area contributed by atoms with E-state index in [4.69, 9.17) is 9.97 Å². The van der Waals surface area contributed by atoms with Crippen molar-refractivity contribution in [3.63, 3.8) is 0 Å². The first kappa shape index (κ1) is 27.7. The topological polar surface area (TPSA) is 35.6 Å². The fourth-order valence-electron chi connectivity index (χ4n) is 8.86. The second-order valence-corrected chi connectivity index (χ2v) is 13.8. The van der Waals surface area contributed by atoms with Gasteiger partial charge in [-0.05, 0) is 94.2 Å². The molecule has 4 heterocycles. The first-order valence-electron chi connectivity index (χ1n) is 17.7. The van der Waals surface area contributed by atoms with Gasteiger partial charge in [-0.2, -0.15) is 0 Å². The van der Waals surface area contributed by atoms with Crippen LogP contribution in [0, 0.1) is 0 Å². The van der Waals surface area contributed by atoms with Crippen molar-refractivity contribution in [2.24, 2.45) is 0 Å². The average Bonchev–Trinajstić information content (AvgIpc) is 3.84. The molecule has 0 atom stereocenters. The molecule has 0 aliphatic heterocycles. The van der Waals surface area contributed by atoms with E-state index in [1.54, 1.807) is 0 Å². The lowest BCUT2D eigenvalue weighted by Crippen LogP contribution is -1.98. The smallest absolute Gasteiger partial charge is 0.138 e. The third-order valence-electron chi connectivity index (χ3n) is 11.1. The van der Waals surface area contributed by atoms with Crippen LogP contribution >= 0.6 is 0 Å². The van der Waals surface area contributed by atoms with E-state index in [2.05, 4.69) is 167 Å². The van der Waals surface area contributed by atoms with Crippen molar-refractivity contribution < 1.29 is 0 Å². The molecule has 0 saturated carbocycles. The third kappa shape index (κ3) is 3.70. The monoisotopic (exact) mass is 660 g/mol. The zero-order valence-corrected chi connectivity index (χ0v) is 28.0. The molecular weight excluding hydrogens is 633 g/mol. The van der Waals surface area contributed by atoms with Crippen LogP contribution in [0.1, 0.15) is 0 Å². The lowest BCUT2D eigenvalue weighted by atomic mass is 9.99. The Morgan fingerprint density at radius 1 is 0.404 bits per heavy atom. The number of aromatic nitrogens is 4. The van der Waals surface area contributed by atoms with Crippen molar-refractivity contribution in [3.05, 3.63) is 170 Å². The first-order valence-corrected chi connectivity index (χ1v) is 17.7. The molecule has 1 aliphatic carbocycles. The summed E-state index contributed by atoms with van der Waals surface area (Å²) in [7, 11) is 0. The van der Waals surface area contributed by atoms with E-state index in [1.165, 1.54) is 76.7 Å². The minimum atomic E-state index is 0.899. The van der Waals surface area contributed by atoms with Crippen LogP contribution in [-0.2, 0) is 0 Å². The molecule has 11 aromatic rings. The highest BCUT2D eigenvalue weighted by Gasteiger charge is 2.25. The fourth-order valence-corrected chi connectivity index (χ4v) is 8.86. The Kier molecular flexibility index (Phi) is 5.47. The van der Waals surface area contributed by atoms with Crippen molar-refractivity contribution in [2.75, 3.05) is 0 Å². The lowest BCUT2D eigenvalue weighted by Gasteiger charge is -2.11. The second-order valence-electron chi connectivity index (χ2n) is 13.8. The number of hydrogen-bond donors (Lipinski definition) is 0. The summed E-state index contributed by atoms with van der Waals surface area (Å²) < 4.78 is 4.72. The molecule has 0 amide bonds. The molecule has 12 rings (SSSR count). The fraction of sp³-hybridized carbons (Fsp3) is 0. The Balaban J connectivity index is 1.12. The number of fused-ring (bicyclic) bond motifs is 11. The Morgan fingerprint density at radius 3 is 2.00 bits per heavy atom. The van der Waals surface area contributed by atoms with Gasteiger partial charge in [0, 0.05) is 49.9 Å². The van der Waals surface area contributed by atoms with Crippen LogP contribution in [-0.4, -0.2) is 19.1 Å². The molecule has 0 fully saturated rings. The van der Waals surface area contributed by atoms with Crippen molar-refractivity contribution in [1.29, 1.82) is 0 Å². The average molecular weight is 661 g/mol. The number of para-hydroxylation sites is 2. The number of pyridine rings is 2. The SMILES string of the molecule is c1ccc(-n2c3ccccc3c3cc(-c4ccc5c(c4)c4c6ccccc6ccc4n5-c4cc5c6c(cccc6n4)-c4cccnc4-5)ccc32)cc1. The van der Waals surface area contributed by atoms with Gasteiger partial charge >= 0.3 is 0 Å². The van der Waals surface area contributed by atoms with Crippen molar-refractivity contribution in [2.45, 2.75) is 0 Å². The molecule has 7 aromatic carbocycles. The number of hydrogen-bond acceptors (Lipinski definition) is 2. The van der Waals surface area contributed by atoms with Crippen LogP contribution < -0.4 is 0 Å². The van der Waals surface area contributed by atoms with Gasteiger partial charge in [0.1, 0.15) is 5.82 Å². The Bertz CT molecular complexity index is 3290. The highest BCUT2D eigenvalue weighted by atomic mass is 15.1. The Labute approximate surface area is 298 Å². The molecule has 0 unspecified atom stereocenters. The molecule has 0 radical (unpaired) electrons. The van der Waals surface area contributed by atoms with Crippen LogP contribution in [0.2, 0.25) is 0 Å². The predicted octanol–water partition coefficient (Wildman–Crippen LogP) is 12.3. The van der Waals surface area contributed by atoms with Crippen LogP contribution in [0.5, 0.6) is 0 Å². The number of rotatable bonds is 3. The maximum absolute atomic E-state index is 5.35. The summed E-state index contributed by atoms with van der Waals surface area (Å²) in [6, 6.07) is 59.3. The van der Waals surface area contributed by atoms with E-state index in [0.717, 1.165) is 33.6 Å². The highest BCUT2D eigenvalue weighted by molar-refractivity contribution is 6.22. The van der Waals surface area contributed by atoms with Crippen LogP contribution in [0.15, 0.2) is 170 Å². The van der Waals surface area contributed by atoms with Gasteiger partial charge in [-0.25, -0.2) is 4.98 Å². The molecule has 240 valence electrons. The van der Waals surface area contributed by atoms with Crippen LogP contribution in [0.3, 0.4) is 0 Å². The zero-order valence-electron chi connectivity index (χ0n) is 28.0.